The van der Waals surface area contributed by atoms with Gasteiger partial charge in [-0.25, -0.2) is 0 Å². The maximum Gasteiger partial charge on any atom is 0.219 e. The molecule has 0 spiro atoms. The van der Waals surface area contributed by atoms with E-state index in [0.29, 0.717) is 18.5 Å². The molecule has 0 saturated carbocycles. The molecular formula is C12H18N2O2. The van der Waals surface area contributed by atoms with Crippen molar-refractivity contribution in [2.45, 2.75) is 19.8 Å². The summed E-state index contributed by atoms with van der Waals surface area (Å²) in [5, 5.41) is 2.48. The summed E-state index contributed by atoms with van der Waals surface area (Å²) in [7, 11) is 1.63. The molecule has 0 saturated heterocycles. The first-order chi connectivity index (χ1) is 7.65. The molecule has 3 N–H and O–H groups in total. The van der Waals surface area contributed by atoms with Gasteiger partial charge in [0, 0.05) is 25.6 Å². The lowest BCUT2D eigenvalue weighted by Crippen LogP contribution is -2.15. The zero-order chi connectivity index (χ0) is 12.4. The van der Waals surface area contributed by atoms with Gasteiger partial charge < -0.3 is 15.8 Å². The number of nitrogen functional groups attached to an aromatic ring is 1. The van der Waals surface area contributed by atoms with Crippen molar-refractivity contribution in [3.63, 3.8) is 0 Å². The Hall–Kier alpha value is -1.84. The quantitative estimate of drug-likeness (QED) is 0.595. The van der Waals surface area contributed by atoms with Gasteiger partial charge >= 0.3 is 0 Å². The van der Waals surface area contributed by atoms with Gasteiger partial charge in [0.25, 0.3) is 0 Å². The molecule has 16 heavy (non-hydrogen) atoms. The number of carbonyl (C=O) groups is 2. The van der Waals surface area contributed by atoms with Crippen LogP contribution in [0.2, 0.25) is 0 Å². The van der Waals surface area contributed by atoms with Crippen molar-refractivity contribution < 1.29 is 9.59 Å². The molecule has 0 atom stereocenters. The maximum absolute atomic E-state index is 10.1. The summed E-state index contributed by atoms with van der Waals surface area (Å²) < 4.78 is 0. The fraction of sp³-hybridized carbons (Fsp3) is 0.333. The predicted octanol–water partition coefficient (Wildman–Crippen LogP) is 1.15. The van der Waals surface area contributed by atoms with Crippen molar-refractivity contribution in [3.8, 4) is 0 Å². The third-order valence-corrected chi connectivity index (χ3v) is 1.96. The molecular weight excluding hydrogens is 204 g/mol. The van der Waals surface area contributed by atoms with Crippen molar-refractivity contribution in [2.75, 3.05) is 12.8 Å². The number of nitrogens with one attached hydrogen (secondary N) is 1. The molecule has 0 aromatic heterocycles. The third kappa shape index (κ3) is 5.80. The van der Waals surface area contributed by atoms with Crippen LogP contribution in [0.15, 0.2) is 24.3 Å². The highest BCUT2D eigenvalue weighted by Crippen LogP contribution is 2.09. The highest BCUT2D eigenvalue weighted by atomic mass is 16.1. The van der Waals surface area contributed by atoms with E-state index in [-0.39, 0.29) is 5.91 Å². The standard InChI is InChI=1S/C8H9NO.C4H9NO/c9-8-4-2-1-3-7(8)5-6-10;1-3-4(6)5-2/h1-4,6H,5,9H2;3H2,1-2H3,(H,5,6). The van der Waals surface area contributed by atoms with Gasteiger partial charge in [-0.2, -0.15) is 0 Å². The maximum atomic E-state index is 10.1. The molecule has 0 aliphatic heterocycles. The van der Waals surface area contributed by atoms with Crippen molar-refractivity contribution in [2.24, 2.45) is 0 Å². The van der Waals surface area contributed by atoms with Gasteiger partial charge in [-0.1, -0.05) is 25.1 Å². The first-order valence-corrected chi connectivity index (χ1v) is 5.13. The number of nitrogens with two attached hydrogens (primary N) is 1. The van der Waals surface area contributed by atoms with E-state index in [0.717, 1.165) is 11.8 Å². The fourth-order valence-corrected chi connectivity index (χ4v) is 0.987. The van der Waals surface area contributed by atoms with E-state index >= 15 is 0 Å². The molecule has 1 aromatic carbocycles. The zero-order valence-corrected chi connectivity index (χ0v) is 9.69. The van der Waals surface area contributed by atoms with E-state index in [1.807, 2.05) is 25.1 Å². The summed E-state index contributed by atoms with van der Waals surface area (Å²) in [6.07, 6.45) is 1.84. The van der Waals surface area contributed by atoms with Crippen molar-refractivity contribution in [1.82, 2.24) is 5.32 Å². The molecule has 0 aliphatic rings. The Labute approximate surface area is 95.8 Å². The number of benzene rings is 1. The predicted molar refractivity (Wildman–Crippen MR) is 65.0 cm³/mol. The molecule has 1 aromatic rings. The van der Waals surface area contributed by atoms with Crippen molar-refractivity contribution >= 4 is 17.9 Å². The highest BCUT2D eigenvalue weighted by molar-refractivity contribution is 5.74. The number of aldehydes is 1. The van der Waals surface area contributed by atoms with E-state index in [9.17, 15) is 9.59 Å². The highest BCUT2D eigenvalue weighted by Gasteiger charge is 1.93. The van der Waals surface area contributed by atoms with Crippen molar-refractivity contribution in [3.05, 3.63) is 29.8 Å². The number of para-hydroxylation sites is 1. The number of hydrogen-bond acceptors (Lipinski definition) is 3. The third-order valence-electron chi connectivity index (χ3n) is 1.96. The number of carbonyl (C=O) groups excluding carboxylic acids is 2. The molecule has 1 rings (SSSR count). The average Bonchev–Trinajstić information content (AvgIpc) is 2.32. The molecule has 0 fully saturated rings. The van der Waals surface area contributed by atoms with Gasteiger partial charge in [-0.3, -0.25) is 4.79 Å². The van der Waals surface area contributed by atoms with E-state index in [4.69, 9.17) is 5.73 Å². The van der Waals surface area contributed by atoms with Crippen LogP contribution in [-0.4, -0.2) is 19.2 Å². The Balaban J connectivity index is 0.000000325. The van der Waals surface area contributed by atoms with Gasteiger partial charge in [0.1, 0.15) is 6.29 Å². The normalized spacial score (nSPS) is 8.62. The van der Waals surface area contributed by atoms with Crippen LogP contribution in [0.5, 0.6) is 0 Å². The first kappa shape index (κ1) is 14.2. The number of amides is 1. The Bertz CT molecular complexity index is 332. The second-order valence-corrected chi connectivity index (χ2v) is 3.10. The van der Waals surface area contributed by atoms with Crippen LogP contribution in [0.25, 0.3) is 0 Å². The summed E-state index contributed by atoms with van der Waals surface area (Å²) in [5.74, 6) is 0.0926. The summed E-state index contributed by atoms with van der Waals surface area (Å²) in [4.78, 5) is 20.1. The number of rotatable bonds is 3. The zero-order valence-electron chi connectivity index (χ0n) is 9.69. The molecule has 0 aliphatic carbocycles. The summed E-state index contributed by atoms with van der Waals surface area (Å²) >= 11 is 0. The van der Waals surface area contributed by atoms with Crippen LogP contribution in [0.1, 0.15) is 18.9 Å². The molecule has 4 nitrogen and oxygen atoms in total. The van der Waals surface area contributed by atoms with Gasteiger partial charge in [-0.15, -0.1) is 0 Å². The van der Waals surface area contributed by atoms with Crippen LogP contribution >= 0.6 is 0 Å². The number of anilines is 1. The molecule has 4 heteroatoms. The minimum absolute atomic E-state index is 0.0926. The SMILES string of the molecule is CCC(=O)NC.Nc1ccccc1CC=O. The Kier molecular flexibility index (Phi) is 7.49. The van der Waals surface area contributed by atoms with Crippen LogP contribution < -0.4 is 11.1 Å². The van der Waals surface area contributed by atoms with Gasteiger partial charge in [0.15, 0.2) is 0 Å². The Morgan fingerprint density at radius 1 is 1.44 bits per heavy atom. The monoisotopic (exact) mass is 222 g/mol. The molecule has 0 unspecified atom stereocenters. The van der Waals surface area contributed by atoms with E-state index in [2.05, 4.69) is 5.32 Å². The largest absolute Gasteiger partial charge is 0.398 e. The van der Waals surface area contributed by atoms with Crippen LogP contribution in [0.3, 0.4) is 0 Å². The van der Waals surface area contributed by atoms with E-state index < -0.39 is 0 Å². The Morgan fingerprint density at radius 3 is 2.44 bits per heavy atom. The summed E-state index contributed by atoms with van der Waals surface area (Å²) in [6, 6.07) is 7.36. The lowest BCUT2D eigenvalue weighted by molar-refractivity contribution is -0.120. The summed E-state index contributed by atoms with van der Waals surface area (Å²) in [6.45, 7) is 1.82. The van der Waals surface area contributed by atoms with E-state index in [1.165, 1.54) is 0 Å². The molecule has 88 valence electrons. The Morgan fingerprint density at radius 2 is 2.06 bits per heavy atom. The second kappa shape index (κ2) is 8.47. The van der Waals surface area contributed by atoms with Crippen LogP contribution in [-0.2, 0) is 16.0 Å². The van der Waals surface area contributed by atoms with Gasteiger partial charge in [-0.05, 0) is 11.6 Å². The topological polar surface area (TPSA) is 72.2 Å². The second-order valence-electron chi connectivity index (χ2n) is 3.10. The number of hydrogen-bond donors (Lipinski definition) is 2. The smallest absolute Gasteiger partial charge is 0.219 e. The lowest BCUT2D eigenvalue weighted by atomic mass is 10.1. The molecule has 0 heterocycles. The van der Waals surface area contributed by atoms with Crippen LogP contribution in [0.4, 0.5) is 5.69 Å². The first-order valence-electron chi connectivity index (χ1n) is 5.13. The van der Waals surface area contributed by atoms with Gasteiger partial charge in [0.2, 0.25) is 5.91 Å². The van der Waals surface area contributed by atoms with Gasteiger partial charge in [0.05, 0.1) is 0 Å². The fourth-order valence-electron chi connectivity index (χ4n) is 0.987. The van der Waals surface area contributed by atoms with Crippen molar-refractivity contribution in [1.29, 1.82) is 0 Å². The molecule has 0 bridgehead atoms. The molecule has 0 radical (unpaired) electrons. The van der Waals surface area contributed by atoms with E-state index in [1.54, 1.807) is 13.1 Å². The molecule has 1 amide bonds. The minimum atomic E-state index is 0.0926. The minimum Gasteiger partial charge on any atom is -0.398 e. The van der Waals surface area contributed by atoms with Crippen LogP contribution in [0, 0.1) is 0 Å². The summed E-state index contributed by atoms with van der Waals surface area (Å²) in [5.41, 5.74) is 7.14. The average molecular weight is 222 g/mol. The lowest BCUT2D eigenvalue weighted by Gasteiger charge is -1.97.